The summed E-state index contributed by atoms with van der Waals surface area (Å²) < 4.78 is 31.0. The molecule has 4 aromatic carbocycles. The van der Waals surface area contributed by atoms with Crippen molar-refractivity contribution in [2.45, 2.75) is 83.5 Å². The van der Waals surface area contributed by atoms with Gasteiger partial charge in [-0.25, -0.2) is 0 Å². The maximum Gasteiger partial charge on any atom is 0.295 e. The molecule has 0 aliphatic heterocycles. The number of ketones is 2. The number of anilines is 1. The standard InChI is InChI=1S/C26H35NO2.C10H8O4S/c1-4-7-13-20-18-23(26(29)25(28)19-14-11-10-12-15-19)24(27)22(17-9-6-3)21(20)16-8-5-2;11-9-5-6-10(15(12,13)14)8-4-2-1-3-7(8)9/h10-12,14-15,18H,4-9,13,16-17,27H2,1-3H3;1-6,11H,(H,12,13,14). The molecule has 0 fully saturated rings. The Morgan fingerprint density at radius 3 is 1.84 bits per heavy atom. The molecule has 4 rings (SSSR count). The van der Waals surface area contributed by atoms with E-state index in [0.717, 1.165) is 63.4 Å². The normalized spacial score (nSPS) is 11.2. The van der Waals surface area contributed by atoms with Gasteiger partial charge in [0.15, 0.2) is 0 Å². The van der Waals surface area contributed by atoms with Crippen molar-refractivity contribution < 1.29 is 27.7 Å². The topological polar surface area (TPSA) is 135 Å². The fourth-order valence-corrected chi connectivity index (χ4v) is 5.96. The maximum atomic E-state index is 13.1. The second-order valence-electron chi connectivity index (χ2n) is 10.9. The molecule has 234 valence electrons. The molecule has 0 aromatic heterocycles. The van der Waals surface area contributed by atoms with Gasteiger partial charge in [0.1, 0.15) is 10.6 Å². The Balaban J connectivity index is 0.000000293. The second-order valence-corrected chi connectivity index (χ2v) is 12.3. The highest BCUT2D eigenvalue weighted by atomic mass is 32.2. The van der Waals surface area contributed by atoms with Crippen LogP contribution in [0.2, 0.25) is 0 Å². The van der Waals surface area contributed by atoms with Crippen molar-refractivity contribution >= 4 is 38.1 Å². The predicted molar refractivity (Wildman–Crippen MR) is 177 cm³/mol. The first-order valence-corrected chi connectivity index (χ1v) is 16.7. The zero-order valence-electron chi connectivity index (χ0n) is 25.8. The summed E-state index contributed by atoms with van der Waals surface area (Å²) in [5.74, 6) is -0.995. The van der Waals surface area contributed by atoms with Gasteiger partial charge in [-0.3, -0.25) is 14.1 Å². The average molecular weight is 618 g/mol. The summed E-state index contributed by atoms with van der Waals surface area (Å²) in [4.78, 5) is 25.7. The number of hydrogen-bond donors (Lipinski definition) is 3. The van der Waals surface area contributed by atoms with E-state index in [4.69, 9.17) is 10.3 Å². The number of rotatable bonds is 13. The van der Waals surface area contributed by atoms with Gasteiger partial charge in [-0.05, 0) is 73.4 Å². The molecule has 4 aromatic rings. The van der Waals surface area contributed by atoms with Crippen LogP contribution < -0.4 is 5.73 Å². The third-order valence-electron chi connectivity index (χ3n) is 7.67. The first kappa shape index (κ1) is 34.5. The number of fused-ring (bicyclic) bond motifs is 1. The molecule has 0 amide bonds. The SMILES string of the molecule is CCCCc1cc(C(=O)C(=O)c2ccccc2)c(N)c(CCCC)c1CCCC.O=S(=O)(O)c1ccc(O)c2ccccc12. The van der Waals surface area contributed by atoms with Crippen molar-refractivity contribution in [3.05, 3.63) is 101 Å². The van der Waals surface area contributed by atoms with E-state index in [1.54, 1.807) is 42.5 Å². The molecule has 0 saturated heterocycles. The molecular formula is C36H43NO6S. The smallest absolute Gasteiger partial charge is 0.295 e. The molecule has 0 unspecified atom stereocenters. The molecule has 44 heavy (non-hydrogen) atoms. The lowest BCUT2D eigenvalue weighted by molar-refractivity contribution is 0.0817. The number of hydrogen-bond acceptors (Lipinski definition) is 6. The highest BCUT2D eigenvalue weighted by Gasteiger charge is 2.25. The van der Waals surface area contributed by atoms with Crippen LogP contribution in [-0.2, 0) is 29.4 Å². The predicted octanol–water partition coefficient (Wildman–Crippen LogP) is 8.15. The van der Waals surface area contributed by atoms with Crippen molar-refractivity contribution in [2.75, 3.05) is 5.73 Å². The zero-order chi connectivity index (χ0) is 32.3. The molecule has 0 aliphatic rings. The van der Waals surface area contributed by atoms with E-state index < -0.39 is 21.7 Å². The fourth-order valence-electron chi connectivity index (χ4n) is 5.26. The first-order chi connectivity index (χ1) is 21.0. The van der Waals surface area contributed by atoms with E-state index in [1.165, 1.54) is 29.3 Å². The highest BCUT2D eigenvalue weighted by Crippen LogP contribution is 2.32. The number of aromatic hydroxyl groups is 1. The number of nitrogens with two attached hydrogens (primary N) is 1. The Morgan fingerprint density at radius 1 is 0.705 bits per heavy atom. The Hall–Kier alpha value is -4.01. The quantitative estimate of drug-likeness (QED) is 0.0596. The molecule has 0 heterocycles. The minimum absolute atomic E-state index is 0.0157. The summed E-state index contributed by atoms with van der Waals surface area (Å²) in [6.07, 6.45) is 9.25. The number of nitrogen functional groups attached to an aromatic ring is 1. The second kappa shape index (κ2) is 16.2. The van der Waals surface area contributed by atoms with Gasteiger partial charge in [0.25, 0.3) is 10.1 Å². The van der Waals surface area contributed by atoms with Crippen LogP contribution in [0.3, 0.4) is 0 Å². The number of Topliss-reactive ketones (excluding diaryl/α,β-unsaturated/α-hetero) is 2. The number of phenols is 1. The molecule has 0 atom stereocenters. The van der Waals surface area contributed by atoms with E-state index in [1.807, 2.05) is 12.1 Å². The Morgan fingerprint density at radius 2 is 1.25 bits per heavy atom. The number of aryl methyl sites for hydroxylation is 1. The zero-order valence-corrected chi connectivity index (χ0v) is 26.6. The molecule has 4 N–H and O–H groups in total. The van der Waals surface area contributed by atoms with Crippen LogP contribution >= 0.6 is 0 Å². The van der Waals surface area contributed by atoms with Crippen LogP contribution in [0, 0.1) is 0 Å². The number of carbonyl (C=O) groups is 2. The van der Waals surface area contributed by atoms with E-state index in [0.29, 0.717) is 27.6 Å². The number of carbonyl (C=O) groups excluding carboxylic acids is 2. The van der Waals surface area contributed by atoms with Crippen molar-refractivity contribution in [1.29, 1.82) is 0 Å². The van der Waals surface area contributed by atoms with Crippen molar-refractivity contribution in [2.24, 2.45) is 0 Å². The summed E-state index contributed by atoms with van der Waals surface area (Å²) in [6, 6.07) is 19.5. The lowest BCUT2D eigenvalue weighted by Gasteiger charge is -2.20. The fraction of sp³-hybridized carbons (Fsp3) is 0.333. The van der Waals surface area contributed by atoms with Gasteiger partial charge in [-0.1, -0.05) is 94.6 Å². The molecule has 0 spiro atoms. The number of benzene rings is 4. The third-order valence-corrected chi connectivity index (χ3v) is 8.58. The summed E-state index contributed by atoms with van der Waals surface area (Å²) in [5, 5.41) is 10.2. The highest BCUT2D eigenvalue weighted by molar-refractivity contribution is 7.86. The van der Waals surface area contributed by atoms with E-state index >= 15 is 0 Å². The van der Waals surface area contributed by atoms with Crippen LogP contribution in [0.25, 0.3) is 10.8 Å². The Labute approximate surface area is 260 Å². The van der Waals surface area contributed by atoms with E-state index in [-0.39, 0.29) is 10.6 Å². The molecule has 0 radical (unpaired) electrons. The third kappa shape index (κ3) is 8.55. The molecule has 0 bridgehead atoms. The Bertz CT molecular complexity index is 1700. The summed E-state index contributed by atoms with van der Waals surface area (Å²) in [6.45, 7) is 6.52. The van der Waals surface area contributed by atoms with Gasteiger partial charge < -0.3 is 10.8 Å². The first-order valence-electron chi connectivity index (χ1n) is 15.3. The molecule has 7 nitrogen and oxygen atoms in total. The van der Waals surface area contributed by atoms with E-state index in [9.17, 15) is 23.1 Å². The van der Waals surface area contributed by atoms with Crippen LogP contribution in [-0.4, -0.2) is 29.6 Å². The van der Waals surface area contributed by atoms with Crippen LogP contribution in [0.4, 0.5) is 5.69 Å². The lowest BCUT2D eigenvalue weighted by atomic mass is 9.85. The van der Waals surface area contributed by atoms with Crippen molar-refractivity contribution in [3.63, 3.8) is 0 Å². The molecule has 8 heteroatoms. The van der Waals surface area contributed by atoms with Gasteiger partial charge in [-0.2, -0.15) is 8.42 Å². The summed E-state index contributed by atoms with van der Waals surface area (Å²) >= 11 is 0. The number of unbranched alkanes of at least 4 members (excludes halogenated alkanes) is 3. The van der Waals surface area contributed by atoms with Crippen molar-refractivity contribution in [3.8, 4) is 5.75 Å². The maximum absolute atomic E-state index is 13.1. The lowest BCUT2D eigenvalue weighted by Crippen LogP contribution is -2.19. The van der Waals surface area contributed by atoms with Gasteiger partial charge in [0, 0.05) is 27.6 Å². The minimum atomic E-state index is -4.26. The summed E-state index contributed by atoms with van der Waals surface area (Å²) in [7, 11) is -4.26. The number of phenolic OH excluding ortho intramolecular Hbond substituents is 1. The molecule has 0 aliphatic carbocycles. The van der Waals surface area contributed by atoms with Crippen LogP contribution in [0.15, 0.2) is 77.7 Å². The van der Waals surface area contributed by atoms with Gasteiger partial charge >= 0.3 is 0 Å². The van der Waals surface area contributed by atoms with Crippen LogP contribution in [0.1, 0.15) is 96.7 Å². The van der Waals surface area contributed by atoms with Gasteiger partial charge in [0.05, 0.1) is 0 Å². The minimum Gasteiger partial charge on any atom is -0.507 e. The van der Waals surface area contributed by atoms with Crippen molar-refractivity contribution in [1.82, 2.24) is 0 Å². The molecular weight excluding hydrogens is 574 g/mol. The molecule has 0 saturated carbocycles. The van der Waals surface area contributed by atoms with Gasteiger partial charge in [0.2, 0.25) is 11.6 Å². The van der Waals surface area contributed by atoms with Gasteiger partial charge in [-0.15, -0.1) is 0 Å². The monoisotopic (exact) mass is 617 g/mol. The average Bonchev–Trinajstić information content (AvgIpc) is 3.02. The summed E-state index contributed by atoms with van der Waals surface area (Å²) in [5.41, 5.74) is 11.5. The van der Waals surface area contributed by atoms with E-state index in [2.05, 4.69) is 20.8 Å². The largest absolute Gasteiger partial charge is 0.507 e. The van der Waals surface area contributed by atoms with Crippen LogP contribution in [0.5, 0.6) is 5.75 Å². The Kier molecular flexibility index (Phi) is 12.7.